The fourth-order valence-electron chi connectivity index (χ4n) is 2.16. The van der Waals surface area contributed by atoms with Gasteiger partial charge >= 0.3 is 5.97 Å². The topological polar surface area (TPSA) is 46.0 Å². The molecule has 0 heterocycles. The van der Waals surface area contributed by atoms with E-state index in [-0.39, 0.29) is 18.5 Å². The Morgan fingerprint density at radius 2 is 1.94 bits per heavy atom. The van der Waals surface area contributed by atoms with Gasteiger partial charge < -0.3 is 14.8 Å². The minimum Gasteiger partial charge on any atom is -0.481 e. The average molecular weight is 266 g/mol. The van der Waals surface area contributed by atoms with Crippen LogP contribution in [0.2, 0.25) is 0 Å². The van der Waals surface area contributed by atoms with Crippen molar-refractivity contribution >= 4 is 17.7 Å². The third-order valence-corrected chi connectivity index (χ3v) is 4.63. The molecule has 1 fully saturated rings. The van der Waals surface area contributed by atoms with Crippen LogP contribution in [0.5, 0.6) is 0 Å². The Morgan fingerprint density at radius 3 is 2.56 bits per heavy atom. The largest absolute Gasteiger partial charge is 0.481 e. The first-order chi connectivity index (χ1) is 8.67. The first kappa shape index (κ1) is 14.9. The molecule has 1 aliphatic rings. The van der Waals surface area contributed by atoms with Gasteiger partial charge in [0.1, 0.15) is 0 Å². The van der Waals surface area contributed by atoms with E-state index in [0.717, 1.165) is 37.9 Å². The van der Waals surface area contributed by atoms with Gasteiger partial charge in [-0.05, 0) is 25.0 Å². The number of hydrogen-bond donors (Lipinski definition) is 1. The highest BCUT2D eigenvalue weighted by molar-refractivity contribution is 7.99. The molecule has 0 aromatic rings. The Bertz CT molecular complexity index is 359. The molecule has 5 heteroatoms. The number of carboxylic acids is 1. The number of rotatable bonds is 6. The van der Waals surface area contributed by atoms with E-state index in [1.807, 2.05) is 11.8 Å². The number of thioether (sulfide) groups is 1. The zero-order valence-electron chi connectivity index (χ0n) is 10.3. The summed E-state index contributed by atoms with van der Waals surface area (Å²) >= 11 is 1.84. The summed E-state index contributed by atoms with van der Waals surface area (Å²) in [7, 11) is 0. The van der Waals surface area contributed by atoms with Gasteiger partial charge in [0.2, 0.25) is 0 Å². The molecular formula is C13H18N2O2S. The molecule has 0 spiro atoms. The van der Waals surface area contributed by atoms with E-state index >= 15 is 0 Å². The lowest BCUT2D eigenvalue weighted by Crippen LogP contribution is -2.30. The summed E-state index contributed by atoms with van der Waals surface area (Å²) in [6.45, 7) is 14.2. The molecule has 0 radical (unpaired) electrons. The van der Waals surface area contributed by atoms with E-state index in [1.165, 1.54) is 0 Å². The molecule has 4 nitrogen and oxygen atoms in total. The Labute approximate surface area is 112 Å². The van der Waals surface area contributed by atoms with Crippen LogP contribution in [0.3, 0.4) is 0 Å². The van der Waals surface area contributed by atoms with Gasteiger partial charge in [0, 0.05) is 24.5 Å². The first-order valence-electron chi connectivity index (χ1n) is 6.24. The minimum atomic E-state index is -0.731. The lowest BCUT2D eigenvalue weighted by Gasteiger charge is -2.23. The van der Waals surface area contributed by atoms with Gasteiger partial charge in [0.05, 0.1) is 0 Å². The summed E-state index contributed by atoms with van der Waals surface area (Å²) in [4.78, 5) is 17.4. The van der Waals surface area contributed by atoms with Crippen LogP contribution >= 0.6 is 11.8 Å². The molecule has 0 amide bonds. The third-order valence-electron chi connectivity index (χ3n) is 3.20. The highest BCUT2D eigenvalue weighted by atomic mass is 32.2. The quantitative estimate of drug-likeness (QED) is 0.593. The van der Waals surface area contributed by atoms with Gasteiger partial charge in [-0.3, -0.25) is 4.79 Å². The summed E-state index contributed by atoms with van der Waals surface area (Å²) in [5, 5.41) is 8.99. The second-order valence-electron chi connectivity index (χ2n) is 4.55. The maximum absolute atomic E-state index is 10.3. The highest BCUT2D eigenvalue weighted by Gasteiger charge is 2.39. The molecule has 0 aliphatic heterocycles. The maximum atomic E-state index is 10.3. The molecule has 0 bridgehead atoms. The molecule has 1 N–H and O–H groups in total. The van der Waals surface area contributed by atoms with Gasteiger partial charge in [-0.1, -0.05) is 0 Å². The Balaban J connectivity index is 2.19. The first-order valence-corrected chi connectivity index (χ1v) is 7.28. The summed E-state index contributed by atoms with van der Waals surface area (Å²) in [5.41, 5.74) is 0. The van der Waals surface area contributed by atoms with Crippen LogP contribution in [0.4, 0.5) is 0 Å². The van der Waals surface area contributed by atoms with E-state index in [4.69, 9.17) is 18.3 Å². The van der Waals surface area contributed by atoms with Gasteiger partial charge in [-0.15, -0.1) is 0 Å². The van der Waals surface area contributed by atoms with Crippen LogP contribution in [-0.2, 0) is 4.79 Å². The third kappa shape index (κ3) is 4.98. The fraction of sp³-hybridized carbons (Fsp3) is 0.769. The van der Waals surface area contributed by atoms with E-state index in [0.29, 0.717) is 5.25 Å². The molecule has 18 heavy (non-hydrogen) atoms. The number of unbranched alkanes of at least 4 members (excludes halogenated alkanes) is 1. The monoisotopic (exact) mass is 266 g/mol. The molecule has 0 saturated heterocycles. The normalized spacial score (nSPS) is 27.1. The SMILES string of the molecule is [C-]#[N+]C1CCC(SCCCCC(=O)O)CC1[N+]#[C-]. The van der Waals surface area contributed by atoms with Crippen LogP contribution in [0.15, 0.2) is 0 Å². The molecular weight excluding hydrogens is 248 g/mol. The standard InChI is InChI=1S/C13H18N2O2S/c1-14-11-7-6-10(9-12(11)15-2)18-8-4-3-5-13(16)17/h10-12H,3-9H2,(H,16,17). The van der Waals surface area contributed by atoms with Crippen molar-refractivity contribution in [1.29, 1.82) is 0 Å². The van der Waals surface area contributed by atoms with E-state index in [9.17, 15) is 4.79 Å². The van der Waals surface area contributed by atoms with Gasteiger partial charge in [0.15, 0.2) is 0 Å². The number of carboxylic acid groups (broad SMARTS) is 1. The van der Waals surface area contributed by atoms with E-state index in [2.05, 4.69) is 9.69 Å². The van der Waals surface area contributed by atoms with Crippen LogP contribution in [0.1, 0.15) is 38.5 Å². The van der Waals surface area contributed by atoms with Crippen molar-refractivity contribution in [1.82, 2.24) is 0 Å². The fourth-order valence-corrected chi connectivity index (χ4v) is 3.50. The number of aliphatic carboxylic acids is 1. The summed E-state index contributed by atoms with van der Waals surface area (Å²) < 4.78 is 0. The van der Waals surface area contributed by atoms with Crippen molar-refractivity contribution in [3.05, 3.63) is 22.8 Å². The molecule has 3 atom stereocenters. The van der Waals surface area contributed by atoms with Crippen molar-refractivity contribution in [3.63, 3.8) is 0 Å². The Hall–Kier alpha value is -1.20. The Kier molecular flexibility index (Phi) is 6.60. The smallest absolute Gasteiger partial charge is 0.303 e. The van der Waals surface area contributed by atoms with Crippen molar-refractivity contribution in [3.8, 4) is 0 Å². The zero-order valence-corrected chi connectivity index (χ0v) is 11.2. The van der Waals surface area contributed by atoms with Crippen LogP contribution < -0.4 is 0 Å². The highest BCUT2D eigenvalue weighted by Crippen LogP contribution is 2.32. The maximum Gasteiger partial charge on any atom is 0.303 e. The predicted octanol–water partition coefficient (Wildman–Crippen LogP) is 3.10. The molecule has 0 aromatic carbocycles. The lowest BCUT2D eigenvalue weighted by molar-refractivity contribution is -0.137. The summed E-state index contributed by atoms with van der Waals surface area (Å²) in [6, 6.07) is -0.237. The number of hydrogen-bond acceptors (Lipinski definition) is 2. The average Bonchev–Trinajstić information content (AvgIpc) is 2.37. The van der Waals surface area contributed by atoms with Crippen molar-refractivity contribution in [2.75, 3.05) is 5.75 Å². The molecule has 1 rings (SSSR count). The van der Waals surface area contributed by atoms with Crippen molar-refractivity contribution in [2.24, 2.45) is 0 Å². The van der Waals surface area contributed by atoms with Gasteiger partial charge in [-0.25, -0.2) is 13.1 Å². The zero-order chi connectivity index (χ0) is 13.4. The number of carbonyl (C=O) groups is 1. The number of nitrogens with zero attached hydrogens (tertiary/aromatic N) is 2. The van der Waals surface area contributed by atoms with E-state index in [1.54, 1.807) is 0 Å². The summed E-state index contributed by atoms with van der Waals surface area (Å²) in [6.07, 6.45) is 4.57. The second kappa shape index (κ2) is 8.00. The molecule has 1 aliphatic carbocycles. The minimum absolute atomic E-state index is 0.105. The predicted molar refractivity (Wildman–Crippen MR) is 72.4 cm³/mol. The van der Waals surface area contributed by atoms with Crippen LogP contribution in [-0.4, -0.2) is 34.2 Å². The summed E-state index contributed by atoms with van der Waals surface area (Å²) in [5.74, 6) is 0.233. The lowest BCUT2D eigenvalue weighted by atomic mass is 9.91. The van der Waals surface area contributed by atoms with Gasteiger partial charge in [0.25, 0.3) is 12.1 Å². The molecule has 1 saturated carbocycles. The van der Waals surface area contributed by atoms with E-state index < -0.39 is 5.97 Å². The second-order valence-corrected chi connectivity index (χ2v) is 5.96. The van der Waals surface area contributed by atoms with Crippen molar-refractivity contribution < 1.29 is 9.90 Å². The molecule has 3 unspecified atom stereocenters. The molecule has 0 aromatic heterocycles. The van der Waals surface area contributed by atoms with Crippen LogP contribution in [0.25, 0.3) is 9.69 Å². The van der Waals surface area contributed by atoms with Crippen molar-refractivity contribution in [2.45, 2.75) is 55.9 Å². The van der Waals surface area contributed by atoms with Gasteiger partial charge in [-0.2, -0.15) is 11.8 Å². The Morgan fingerprint density at radius 1 is 1.22 bits per heavy atom. The van der Waals surface area contributed by atoms with Crippen LogP contribution in [0, 0.1) is 13.1 Å². The molecule has 98 valence electrons.